The van der Waals surface area contributed by atoms with E-state index in [1.807, 2.05) is 6.92 Å². The van der Waals surface area contributed by atoms with E-state index in [1.165, 1.54) is 24.3 Å². The molecule has 1 heterocycles. The number of nitro benzene ring substituents is 1. The number of non-ortho nitro benzene ring substituents is 1. The quantitative estimate of drug-likeness (QED) is 0.530. The van der Waals surface area contributed by atoms with E-state index in [9.17, 15) is 14.9 Å². The molecule has 0 aliphatic heterocycles. The van der Waals surface area contributed by atoms with Gasteiger partial charge in [0.05, 0.1) is 4.92 Å². The molecule has 2 aromatic rings. The molecule has 0 fully saturated rings. The summed E-state index contributed by atoms with van der Waals surface area (Å²) in [5, 5.41) is 13.3. The molecule has 1 amide bonds. The minimum Gasteiger partial charge on any atom is -0.462 e. The molecule has 0 aliphatic carbocycles. The average molecular weight is 286 g/mol. The molecule has 21 heavy (non-hydrogen) atoms. The van der Waals surface area contributed by atoms with Gasteiger partial charge in [0.2, 0.25) is 5.91 Å². The fourth-order valence-corrected chi connectivity index (χ4v) is 1.78. The van der Waals surface area contributed by atoms with Gasteiger partial charge in [-0.3, -0.25) is 14.9 Å². The summed E-state index contributed by atoms with van der Waals surface area (Å²) in [6, 6.07) is 7.84. The molecule has 6 heteroatoms. The number of nitro groups is 1. The number of hydrogen-bond acceptors (Lipinski definition) is 4. The van der Waals surface area contributed by atoms with Crippen LogP contribution in [0.3, 0.4) is 0 Å². The normalized spacial score (nSPS) is 10.8. The van der Waals surface area contributed by atoms with Gasteiger partial charge in [0.1, 0.15) is 11.5 Å². The summed E-state index contributed by atoms with van der Waals surface area (Å²) in [5.74, 6) is 1.02. The number of anilines is 1. The van der Waals surface area contributed by atoms with Crippen LogP contribution >= 0.6 is 0 Å². The smallest absolute Gasteiger partial charge is 0.269 e. The van der Waals surface area contributed by atoms with Crippen LogP contribution in [-0.4, -0.2) is 10.8 Å². The van der Waals surface area contributed by atoms with Gasteiger partial charge in [0, 0.05) is 23.9 Å². The summed E-state index contributed by atoms with van der Waals surface area (Å²) in [6.07, 6.45) is 2.90. The Balaban J connectivity index is 2.06. The Morgan fingerprint density at radius 1 is 1.29 bits per heavy atom. The zero-order valence-electron chi connectivity index (χ0n) is 11.6. The average Bonchev–Trinajstić information content (AvgIpc) is 2.84. The lowest BCUT2D eigenvalue weighted by Crippen LogP contribution is -2.09. The van der Waals surface area contributed by atoms with Crippen LogP contribution < -0.4 is 5.32 Å². The lowest BCUT2D eigenvalue weighted by molar-refractivity contribution is -0.384. The number of carbonyl (C=O) groups is 1. The molecule has 0 saturated carbocycles. The summed E-state index contributed by atoms with van der Waals surface area (Å²) < 4.78 is 5.31. The van der Waals surface area contributed by atoms with Crippen molar-refractivity contribution in [3.63, 3.8) is 0 Å². The van der Waals surface area contributed by atoms with Crippen LogP contribution in [0.1, 0.15) is 17.1 Å². The molecule has 2 rings (SSSR count). The fourth-order valence-electron chi connectivity index (χ4n) is 1.78. The van der Waals surface area contributed by atoms with Crippen molar-refractivity contribution in [2.75, 3.05) is 5.32 Å². The maximum absolute atomic E-state index is 11.8. The van der Waals surface area contributed by atoms with Gasteiger partial charge < -0.3 is 9.73 Å². The third kappa shape index (κ3) is 3.79. The Morgan fingerprint density at radius 3 is 2.62 bits per heavy atom. The molecule has 0 radical (unpaired) electrons. The summed E-state index contributed by atoms with van der Waals surface area (Å²) in [6.45, 7) is 3.51. The Bertz CT molecular complexity index is 716. The van der Waals surface area contributed by atoms with Crippen molar-refractivity contribution in [3.8, 4) is 0 Å². The van der Waals surface area contributed by atoms with E-state index >= 15 is 0 Å². The molecule has 6 nitrogen and oxygen atoms in total. The summed E-state index contributed by atoms with van der Waals surface area (Å²) >= 11 is 0. The van der Waals surface area contributed by atoms with Crippen LogP contribution in [0.15, 0.2) is 40.8 Å². The summed E-state index contributed by atoms with van der Waals surface area (Å²) in [7, 11) is 0. The fraction of sp³-hybridized carbons (Fsp3) is 0.133. The zero-order valence-corrected chi connectivity index (χ0v) is 11.6. The van der Waals surface area contributed by atoms with Crippen LogP contribution in [0.5, 0.6) is 0 Å². The highest BCUT2D eigenvalue weighted by Gasteiger charge is 2.09. The predicted molar refractivity (Wildman–Crippen MR) is 78.9 cm³/mol. The molecule has 0 aliphatic rings. The molecule has 1 aromatic carbocycles. The van der Waals surface area contributed by atoms with Crippen molar-refractivity contribution in [3.05, 3.63) is 63.6 Å². The summed E-state index contributed by atoms with van der Waals surface area (Å²) in [5.41, 5.74) is 1.15. The second-order valence-electron chi connectivity index (χ2n) is 4.53. The van der Waals surface area contributed by atoms with Gasteiger partial charge in [-0.1, -0.05) is 0 Å². The van der Waals surface area contributed by atoms with Crippen molar-refractivity contribution >= 4 is 23.4 Å². The maximum atomic E-state index is 11.8. The van der Waals surface area contributed by atoms with Gasteiger partial charge in [-0.2, -0.15) is 0 Å². The van der Waals surface area contributed by atoms with Crippen LogP contribution in [0, 0.1) is 24.0 Å². The molecule has 0 atom stereocenters. The van der Waals surface area contributed by atoms with E-state index in [1.54, 1.807) is 25.1 Å². The van der Waals surface area contributed by atoms with Crippen LogP contribution in [0.25, 0.3) is 6.08 Å². The highest BCUT2D eigenvalue weighted by atomic mass is 16.6. The number of carbonyl (C=O) groups excluding carboxylic acids is 1. The van der Waals surface area contributed by atoms with Gasteiger partial charge in [0.25, 0.3) is 5.69 Å². The van der Waals surface area contributed by atoms with Gasteiger partial charge >= 0.3 is 0 Å². The van der Waals surface area contributed by atoms with Crippen molar-refractivity contribution in [1.82, 2.24) is 0 Å². The largest absolute Gasteiger partial charge is 0.462 e. The maximum Gasteiger partial charge on any atom is 0.269 e. The topological polar surface area (TPSA) is 85.4 Å². The lowest BCUT2D eigenvalue weighted by atomic mass is 10.2. The molecule has 1 N–H and O–H groups in total. The van der Waals surface area contributed by atoms with Gasteiger partial charge in [-0.15, -0.1) is 0 Å². The van der Waals surface area contributed by atoms with Crippen LogP contribution in [-0.2, 0) is 4.79 Å². The van der Waals surface area contributed by atoms with E-state index in [0.29, 0.717) is 17.0 Å². The van der Waals surface area contributed by atoms with E-state index in [4.69, 9.17) is 4.42 Å². The van der Waals surface area contributed by atoms with E-state index in [2.05, 4.69) is 5.32 Å². The Hall–Kier alpha value is -2.89. The van der Waals surface area contributed by atoms with Gasteiger partial charge in [-0.25, -0.2) is 0 Å². The van der Waals surface area contributed by atoms with E-state index in [-0.39, 0.29) is 11.6 Å². The van der Waals surface area contributed by atoms with Crippen molar-refractivity contribution < 1.29 is 14.1 Å². The monoisotopic (exact) mass is 286 g/mol. The van der Waals surface area contributed by atoms with Gasteiger partial charge in [-0.05, 0) is 43.7 Å². The SMILES string of the molecule is Cc1ccc(C=CC(=O)Nc2ccc([N+](=O)[O-])cc2C)o1. The molecule has 108 valence electrons. The summed E-state index contributed by atoms with van der Waals surface area (Å²) in [4.78, 5) is 22.0. The number of benzene rings is 1. The number of nitrogens with zero attached hydrogens (tertiary/aromatic N) is 1. The zero-order chi connectivity index (χ0) is 15.4. The number of aryl methyl sites for hydroxylation is 2. The first-order valence-electron chi connectivity index (χ1n) is 6.26. The first kappa shape index (κ1) is 14.5. The third-order valence-corrected chi connectivity index (χ3v) is 2.84. The minimum atomic E-state index is -0.474. The highest BCUT2D eigenvalue weighted by molar-refractivity contribution is 6.02. The number of amides is 1. The number of rotatable bonds is 4. The lowest BCUT2D eigenvalue weighted by Gasteiger charge is -2.05. The van der Waals surface area contributed by atoms with Crippen LogP contribution in [0.4, 0.5) is 11.4 Å². The minimum absolute atomic E-state index is 0.00731. The highest BCUT2D eigenvalue weighted by Crippen LogP contribution is 2.21. The predicted octanol–water partition coefficient (Wildman–Crippen LogP) is 3.46. The molecule has 0 saturated heterocycles. The van der Waals surface area contributed by atoms with Crippen LogP contribution in [0.2, 0.25) is 0 Å². The van der Waals surface area contributed by atoms with E-state index in [0.717, 1.165) is 5.76 Å². The molecule has 1 aromatic heterocycles. The number of nitrogens with one attached hydrogen (secondary N) is 1. The second kappa shape index (κ2) is 6.04. The standard InChI is InChI=1S/C15H14N2O4/c1-10-9-12(17(19)20)4-7-14(10)16-15(18)8-6-13-5-3-11(2)21-13/h3-9H,1-2H3,(H,16,18). The Morgan fingerprint density at radius 2 is 2.05 bits per heavy atom. The Kier molecular flexibility index (Phi) is 4.18. The molecule has 0 bridgehead atoms. The molecule has 0 unspecified atom stereocenters. The Labute approximate surface area is 121 Å². The van der Waals surface area contributed by atoms with Crippen molar-refractivity contribution in [2.45, 2.75) is 13.8 Å². The number of hydrogen-bond donors (Lipinski definition) is 1. The van der Waals surface area contributed by atoms with Crippen molar-refractivity contribution in [2.24, 2.45) is 0 Å². The molecular weight excluding hydrogens is 272 g/mol. The van der Waals surface area contributed by atoms with Gasteiger partial charge in [0.15, 0.2) is 0 Å². The molecular formula is C15H14N2O4. The van der Waals surface area contributed by atoms with E-state index < -0.39 is 4.92 Å². The van der Waals surface area contributed by atoms with Crippen molar-refractivity contribution in [1.29, 1.82) is 0 Å². The first-order valence-corrected chi connectivity index (χ1v) is 6.26. The third-order valence-electron chi connectivity index (χ3n) is 2.84. The second-order valence-corrected chi connectivity index (χ2v) is 4.53. The first-order chi connectivity index (χ1) is 9.95. The molecule has 0 spiro atoms. The number of furan rings is 1.